The van der Waals surface area contributed by atoms with Gasteiger partial charge < -0.3 is 9.47 Å². The number of nitrogens with zero attached hydrogens (tertiary/aromatic N) is 1. The molecule has 0 N–H and O–H groups in total. The number of benzene rings is 3. The monoisotopic (exact) mass is 565 g/mol. The Morgan fingerprint density at radius 3 is 2.50 bits per heavy atom. The van der Waals surface area contributed by atoms with Gasteiger partial charge in [0.1, 0.15) is 6.61 Å². The minimum Gasteiger partial charge on any atom is -0.493 e. The number of halogens is 4. The van der Waals surface area contributed by atoms with Crippen LogP contribution in [0.3, 0.4) is 0 Å². The predicted molar refractivity (Wildman–Crippen MR) is 129 cm³/mol. The van der Waals surface area contributed by atoms with E-state index in [1.54, 1.807) is 31.4 Å². The fourth-order valence-corrected chi connectivity index (χ4v) is 4.40. The van der Waals surface area contributed by atoms with Crippen LogP contribution in [0, 0.1) is 11.3 Å². The van der Waals surface area contributed by atoms with E-state index in [1.807, 2.05) is 36.4 Å². The summed E-state index contributed by atoms with van der Waals surface area (Å²) >= 11 is 19.2. The second kappa shape index (κ2) is 10.4. The largest absolute Gasteiger partial charge is 0.493 e. The van der Waals surface area contributed by atoms with Crippen LogP contribution in [-0.4, -0.2) is 7.11 Å². The van der Waals surface area contributed by atoms with Crippen molar-refractivity contribution in [3.05, 3.63) is 90.3 Å². The van der Waals surface area contributed by atoms with E-state index in [2.05, 4.69) is 37.9 Å². The third kappa shape index (κ3) is 5.59. The zero-order valence-electron chi connectivity index (χ0n) is 15.8. The molecule has 3 rings (SSSR count). The van der Waals surface area contributed by atoms with Crippen LogP contribution in [0.5, 0.6) is 11.5 Å². The maximum Gasteiger partial charge on any atom is 0.161 e. The van der Waals surface area contributed by atoms with Gasteiger partial charge in [-0.1, -0.05) is 73.3 Å². The van der Waals surface area contributed by atoms with Crippen molar-refractivity contribution in [3.8, 4) is 17.6 Å². The smallest absolute Gasteiger partial charge is 0.161 e. The van der Waals surface area contributed by atoms with Gasteiger partial charge in [-0.05, 0) is 48.0 Å². The van der Waals surface area contributed by atoms with Crippen LogP contribution in [-0.2, 0) is 6.61 Å². The van der Waals surface area contributed by atoms with Gasteiger partial charge in [0.25, 0.3) is 0 Å². The Labute approximate surface area is 202 Å². The fourth-order valence-electron chi connectivity index (χ4n) is 2.73. The molecular formula is C23H15Br2Cl2NO2. The zero-order valence-corrected chi connectivity index (χ0v) is 20.4. The Morgan fingerprint density at radius 2 is 1.83 bits per heavy atom. The summed E-state index contributed by atoms with van der Waals surface area (Å²) in [6, 6.07) is 18.6. The number of methoxy groups -OCH3 is 1. The molecule has 7 heteroatoms. The molecule has 0 fully saturated rings. The van der Waals surface area contributed by atoms with Gasteiger partial charge >= 0.3 is 0 Å². The average molecular weight is 568 g/mol. The van der Waals surface area contributed by atoms with E-state index in [-0.39, 0.29) is 0 Å². The topological polar surface area (TPSA) is 42.2 Å². The van der Waals surface area contributed by atoms with E-state index in [0.29, 0.717) is 39.3 Å². The number of allylic oxidation sites excluding steroid dienone is 1. The lowest BCUT2D eigenvalue weighted by Crippen LogP contribution is -1.99. The van der Waals surface area contributed by atoms with Crippen molar-refractivity contribution >= 4 is 66.7 Å². The van der Waals surface area contributed by atoms with Gasteiger partial charge in [0.2, 0.25) is 0 Å². The number of hydrogen-bond acceptors (Lipinski definition) is 3. The Morgan fingerprint density at radius 1 is 1.03 bits per heavy atom. The van der Waals surface area contributed by atoms with Crippen LogP contribution in [0.2, 0.25) is 10.0 Å². The molecule has 0 spiro atoms. The first kappa shape index (κ1) is 22.7. The summed E-state index contributed by atoms with van der Waals surface area (Å²) in [5.74, 6) is 1.17. The molecular weight excluding hydrogens is 553 g/mol. The van der Waals surface area contributed by atoms with Gasteiger partial charge in [-0.25, -0.2) is 0 Å². The molecule has 0 atom stereocenters. The lowest BCUT2D eigenvalue weighted by molar-refractivity contribution is 0.284. The van der Waals surface area contributed by atoms with E-state index < -0.39 is 0 Å². The third-order valence-electron chi connectivity index (χ3n) is 4.24. The number of rotatable bonds is 6. The number of ether oxygens (including phenoxy) is 2. The second-order valence-corrected chi connectivity index (χ2v) is 8.84. The minimum atomic E-state index is 0.378. The molecule has 0 aliphatic rings. The van der Waals surface area contributed by atoms with E-state index in [1.165, 1.54) is 0 Å². The van der Waals surface area contributed by atoms with Gasteiger partial charge in [0.05, 0.1) is 23.8 Å². The lowest BCUT2D eigenvalue weighted by atomic mass is 10.0. The Balaban J connectivity index is 1.85. The number of hydrogen-bond donors (Lipinski definition) is 0. The van der Waals surface area contributed by atoms with E-state index in [4.69, 9.17) is 32.7 Å². The normalized spacial score (nSPS) is 11.1. The van der Waals surface area contributed by atoms with Crippen molar-refractivity contribution in [2.75, 3.05) is 7.11 Å². The van der Waals surface area contributed by atoms with Crippen LogP contribution >= 0.6 is 55.1 Å². The van der Waals surface area contributed by atoms with Gasteiger partial charge in [0.15, 0.2) is 11.5 Å². The molecule has 3 aromatic rings. The molecule has 0 unspecified atom stereocenters. The molecule has 0 heterocycles. The van der Waals surface area contributed by atoms with Crippen LogP contribution in [0.15, 0.2) is 63.5 Å². The van der Waals surface area contributed by atoms with Crippen LogP contribution in [0.4, 0.5) is 0 Å². The summed E-state index contributed by atoms with van der Waals surface area (Å²) in [7, 11) is 1.58. The van der Waals surface area contributed by atoms with E-state index in [9.17, 15) is 5.26 Å². The van der Waals surface area contributed by atoms with Gasteiger partial charge in [-0.3, -0.25) is 0 Å². The van der Waals surface area contributed by atoms with Crippen LogP contribution in [0.1, 0.15) is 16.7 Å². The summed E-state index contributed by atoms with van der Waals surface area (Å²) in [5, 5.41) is 10.5. The van der Waals surface area contributed by atoms with Crippen molar-refractivity contribution in [3.63, 3.8) is 0 Å². The lowest BCUT2D eigenvalue weighted by Gasteiger charge is -2.13. The molecule has 3 nitrogen and oxygen atoms in total. The van der Waals surface area contributed by atoms with Gasteiger partial charge in [0, 0.05) is 25.1 Å². The molecule has 0 amide bonds. The maximum atomic E-state index is 9.60. The Hall–Kier alpha value is -1.97. The Bertz CT molecular complexity index is 1160. The quantitative estimate of drug-likeness (QED) is 0.223. The maximum absolute atomic E-state index is 9.60. The van der Waals surface area contributed by atoms with Gasteiger partial charge in [-0.2, -0.15) is 5.26 Å². The molecule has 0 bridgehead atoms. The third-order valence-corrected chi connectivity index (χ3v) is 6.02. The first-order valence-electron chi connectivity index (χ1n) is 8.73. The highest BCUT2D eigenvalue weighted by Gasteiger charge is 2.10. The highest BCUT2D eigenvalue weighted by Crippen LogP contribution is 2.33. The summed E-state index contributed by atoms with van der Waals surface area (Å²) in [4.78, 5) is 0. The van der Waals surface area contributed by atoms with Crippen molar-refractivity contribution in [2.24, 2.45) is 0 Å². The van der Waals surface area contributed by atoms with Crippen LogP contribution in [0.25, 0.3) is 11.6 Å². The van der Waals surface area contributed by atoms with Crippen molar-refractivity contribution in [1.82, 2.24) is 0 Å². The highest BCUT2D eigenvalue weighted by molar-refractivity contribution is 9.11. The first-order valence-corrected chi connectivity index (χ1v) is 11.1. The summed E-state index contributed by atoms with van der Waals surface area (Å²) < 4.78 is 13.4. The summed E-state index contributed by atoms with van der Waals surface area (Å²) in [5.41, 5.74) is 2.83. The van der Waals surface area contributed by atoms with E-state index in [0.717, 1.165) is 20.1 Å². The number of nitriles is 1. The van der Waals surface area contributed by atoms with Crippen molar-refractivity contribution in [1.29, 1.82) is 5.26 Å². The molecule has 0 radical (unpaired) electrons. The molecule has 0 saturated heterocycles. The molecule has 0 aliphatic carbocycles. The average Bonchev–Trinajstić information content (AvgIpc) is 2.72. The van der Waals surface area contributed by atoms with Gasteiger partial charge in [-0.15, -0.1) is 0 Å². The van der Waals surface area contributed by atoms with Crippen molar-refractivity contribution in [2.45, 2.75) is 6.61 Å². The first-order chi connectivity index (χ1) is 14.4. The molecule has 152 valence electrons. The highest BCUT2D eigenvalue weighted by atomic mass is 79.9. The molecule has 0 aliphatic heterocycles. The minimum absolute atomic E-state index is 0.378. The summed E-state index contributed by atoms with van der Waals surface area (Å²) in [6.07, 6.45) is 1.74. The Kier molecular flexibility index (Phi) is 7.85. The summed E-state index contributed by atoms with van der Waals surface area (Å²) in [6.45, 7) is 0.378. The molecule has 30 heavy (non-hydrogen) atoms. The van der Waals surface area contributed by atoms with Crippen LogP contribution < -0.4 is 9.47 Å². The fraction of sp³-hybridized carbons (Fsp3) is 0.0870. The SMILES string of the molecule is COc1cc(/C=C(/C#N)c2ccc(Cl)cc2Cl)ccc1OCc1ccc(Br)cc1Br. The standard InChI is InChI=1S/C23H15Br2Cl2NO2/c1-29-23-9-14(8-16(12-28)19-6-5-18(26)11-21(19)27)2-7-22(23)30-13-15-3-4-17(24)10-20(15)25/h2-11H,13H2,1H3/b16-8-. The second-order valence-electron chi connectivity index (χ2n) is 6.23. The van der Waals surface area contributed by atoms with Crippen molar-refractivity contribution < 1.29 is 9.47 Å². The molecule has 0 saturated carbocycles. The molecule has 3 aromatic carbocycles. The zero-order chi connectivity index (χ0) is 21.7. The van der Waals surface area contributed by atoms with E-state index >= 15 is 0 Å². The predicted octanol–water partition coefficient (Wildman–Crippen LogP) is 8.17. The molecule has 0 aromatic heterocycles.